The van der Waals surface area contributed by atoms with Gasteiger partial charge in [0.05, 0.1) is 0 Å². The van der Waals surface area contributed by atoms with Crippen molar-refractivity contribution < 1.29 is 4.39 Å². The third-order valence-corrected chi connectivity index (χ3v) is 3.83. The number of hydrogen-bond donors (Lipinski definition) is 1. The zero-order valence-corrected chi connectivity index (χ0v) is 13.5. The normalized spacial score (nSPS) is 13.0. The minimum atomic E-state index is -0.171. The van der Waals surface area contributed by atoms with Crippen LogP contribution in [0.5, 0.6) is 0 Å². The van der Waals surface area contributed by atoms with Gasteiger partial charge in [-0.3, -0.25) is 0 Å². The molecule has 0 spiro atoms. The lowest BCUT2D eigenvalue weighted by atomic mass is 9.86. The molecular weight excluding hydrogens is 261 g/mol. The molecule has 0 aliphatic rings. The maximum atomic E-state index is 13.6. The van der Waals surface area contributed by atoms with Gasteiger partial charge in [-0.2, -0.15) is 0 Å². The van der Waals surface area contributed by atoms with Crippen molar-refractivity contribution in [3.8, 4) is 0 Å². The minimum absolute atomic E-state index is 0.140. The second kappa shape index (κ2) is 5.88. The second-order valence-electron chi connectivity index (χ2n) is 6.70. The Morgan fingerprint density at radius 2 is 1.62 bits per heavy atom. The summed E-state index contributed by atoms with van der Waals surface area (Å²) in [6, 6.07) is 14.0. The third-order valence-electron chi connectivity index (χ3n) is 3.83. The average Bonchev–Trinajstić information content (AvgIpc) is 2.42. The summed E-state index contributed by atoms with van der Waals surface area (Å²) in [5, 5.41) is 3.34. The molecule has 2 heteroatoms. The average molecular weight is 285 g/mol. The molecule has 2 aromatic carbocycles. The van der Waals surface area contributed by atoms with Gasteiger partial charge >= 0.3 is 0 Å². The van der Waals surface area contributed by atoms with E-state index >= 15 is 0 Å². The first-order chi connectivity index (χ1) is 9.77. The molecule has 2 aromatic rings. The largest absolute Gasteiger partial charge is 0.378 e. The molecule has 0 saturated heterocycles. The number of rotatable bonds is 3. The van der Waals surface area contributed by atoms with Gasteiger partial charge in [-0.15, -0.1) is 0 Å². The molecule has 0 bridgehead atoms. The molecule has 21 heavy (non-hydrogen) atoms. The zero-order chi connectivity index (χ0) is 15.6. The monoisotopic (exact) mass is 285 g/mol. The van der Waals surface area contributed by atoms with Crippen LogP contribution in [-0.4, -0.2) is 0 Å². The van der Waals surface area contributed by atoms with Gasteiger partial charge in [0, 0.05) is 11.7 Å². The molecule has 2 rings (SSSR count). The van der Waals surface area contributed by atoms with Crippen LogP contribution in [-0.2, 0) is 5.41 Å². The van der Waals surface area contributed by atoms with Crippen LogP contribution in [0.3, 0.4) is 0 Å². The molecule has 112 valence electrons. The van der Waals surface area contributed by atoms with Gasteiger partial charge in [0.15, 0.2) is 0 Å². The van der Waals surface area contributed by atoms with Gasteiger partial charge < -0.3 is 5.32 Å². The topological polar surface area (TPSA) is 12.0 Å². The molecule has 0 aromatic heterocycles. The first kappa shape index (κ1) is 15.6. The fourth-order valence-corrected chi connectivity index (χ4v) is 2.29. The van der Waals surface area contributed by atoms with E-state index < -0.39 is 0 Å². The standard InChI is InChI=1S/C19H24FN/c1-13-6-11-17(12-18(13)20)21-14(2)15-7-9-16(10-8-15)19(3,4)5/h6-12,14,21H,1-5H3. The van der Waals surface area contributed by atoms with Gasteiger partial charge in [0.1, 0.15) is 5.82 Å². The lowest BCUT2D eigenvalue weighted by Gasteiger charge is -2.21. The van der Waals surface area contributed by atoms with Crippen LogP contribution in [0.15, 0.2) is 42.5 Å². The fraction of sp³-hybridized carbons (Fsp3) is 0.368. The van der Waals surface area contributed by atoms with E-state index in [1.807, 2.05) is 6.07 Å². The van der Waals surface area contributed by atoms with E-state index in [1.165, 1.54) is 11.1 Å². The zero-order valence-electron chi connectivity index (χ0n) is 13.5. The van der Waals surface area contributed by atoms with Crippen molar-refractivity contribution in [2.75, 3.05) is 5.32 Å². The summed E-state index contributed by atoms with van der Waals surface area (Å²) in [5.41, 5.74) is 4.16. The summed E-state index contributed by atoms with van der Waals surface area (Å²) in [7, 11) is 0. The number of aryl methyl sites for hydroxylation is 1. The number of benzene rings is 2. The molecule has 0 aliphatic carbocycles. The van der Waals surface area contributed by atoms with Gasteiger partial charge in [0.25, 0.3) is 0 Å². The van der Waals surface area contributed by atoms with E-state index in [1.54, 1.807) is 19.1 Å². The van der Waals surface area contributed by atoms with Crippen molar-refractivity contribution in [3.63, 3.8) is 0 Å². The van der Waals surface area contributed by atoms with E-state index in [0.29, 0.717) is 5.56 Å². The molecule has 1 nitrogen and oxygen atoms in total. The predicted octanol–water partition coefficient (Wildman–Crippen LogP) is 5.60. The van der Waals surface area contributed by atoms with Gasteiger partial charge in [-0.1, -0.05) is 51.1 Å². The molecule has 0 aliphatic heterocycles. The molecule has 0 amide bonds. The first-order valence-electron chi connectivity index (χ1n) is 7.40. The highest BCUT2D eigenvalue weighted by Gasteiger charge is 2.14. The summed E-state index contributed by atoms with van der Waals surface area (Å²) in [5.74, 6) is -0.171. The lowest BCUT2D eigenvalue weighted by Crippen LogP contribution is -2.12. The Morgan fingerprint density at radius 3 is 2.14 bits per heavy atom. The SMILES string of the molecule is Cc1ccc(NC(C)c2ccc(C(C)(C)C)cc2)cc1F. The first-order valence-corrected chi connectivity index (χ1v) is 7.40. The fourth-order valence-electron chi connectivity index (χ4n) is 2.29. The van der Waals surface area contributed by atoms with Crippen molar-refractivity contribution in [2.24, 2.45) is 0 Å². The molecule has 1 atom stereocenters. The molecular formula is C19H24FN. The van der Waals surface area contributed by atoms with Crippen LogP contribution in [0, 0.1) is 12.7 Å². The Balaban J connectivity index is 2.13. The van der Waals surface area contributed by atoms with Crippen molar-refractivity contribution in [1.82, 2.24) is 0 Å². The summed E-state index contributed by atoms with van der Waals surface area (Å²) in [4.78, 5) is 0. The molecule has 0 heterocycles. The molecule has 1 N–H and O–H groups in total. The molecule has 0 saturated carbocycles. The number of hydrogen-bond acceptors (Lipinski definition) is 1. The Hall–Kier alpha value is -1.83. The van der Waals surface area contributed by atoms with Gasteiger partial charge in [-0.05, 0) is 48.1 Å². The predicted molar refractivity (Wildman–Crippen MR) is 88.3 cm³/mol. The van der Waals surface area contributed by atoms with E-state index in [2.05, 4.69) is 57.3 Å². The molecule has 1 unspecified atom stereocenters. The Kier molecular flexibility index (Phi) is 4.36. The van der Waals surface area contributed by atoms with E-state index in [4.69, 9.17) is 0 Å². The summed E-state index contributed by atoms with van der Waals surface area (Å²) >= 11 is 0. The third kappa shape index (κ3) is 3.84. The van der Waals surface area contributed by atoms with Gasteiger partial charge in [-0.25, -0.2) is 4.39 Å². The van der Waals surface area contributed by atoms with Crippen LogP contribution < -0.4 is 5.32 Å². The van der Waals surface area contributed by atoms with Crippen molar-refractivity contribution in [2.45, 2.75) is 46.1 Å². The Morgan fingerprint density at radius 1 is 1.00 bits per heavy atom. The lowest BCUT2D eigenvalue weighted by molar-refractivity contribution is 0.589. The van der Waals surface area contributed by atoms with Crippen LogP contribution >= 0.6 is 0 Å². The smallest absolute Gasteiger partial charge is 0.128 e. The molecule has 0 fully saturated rings. The quantitative estimate of drug-likeness (QED) is 0.773. The van der Waals surface area contributed by atoms with E-state index in [9.17, 15) is 4.39 Å². The van der Waals surface area contributed by atoms with E-state index in [0.717, 1.165) is 5.69 Å². The number of nitrogens with one attached hydrogen (secondary N) is 1. The maximum absolute atomic E-state index is 13.6. The summed E-state index contributed by atoms with van der Waals surface area (Å²) in [6.07, 6.45) is 0. The Labute approximate surface area is 127 Å². The van der Waals surface area contributed by atoms with Crippen molar-refractivity contribution >= 4 is 5.69 Å². The van der Waals surface area contributed by atoms with Crippen molar-refractivity contribution in [3.05, 3.63) is 65.0 Å². The van der Waals surface area contributed by atoms with Crippen LogP contribution in [0.4, 0.5) is 10.1 Å². The summed E-state index contributed by atoms with van der Waals surface area (Å²) < 4.78 is 13.6. The molecule has 0 radical (unpaired) electrons. The minimum Gasteiger partial charge on any atom is -0.378 e. The highest BCUT2D eigenvalue weighted by atomic mass is 19.1. The van der Waals surface area contributed by atoms with Crippen LogP contribution in [0.25, 0.3) is 0 Å². The second-order valence-corrected chi connectivity index (χ2v) is 6.70. The summed E-state index contributed by atoms with van der Waals surface area (Å²) in [6.45, 7) is 10.5. The Bertz CT molecular complexity index is 608. The maximum Gasteiger partial charge on any atom is 0.128 e. The van der Waals surface area contributed by atoms with Gasteiger partial charge in [0.2, 0.25) is 0 Å². The highest BCUT2D eigenvalue weighted by Crippen LogP contribution is 2.25. The number of halogens is 1. The number of anilines is 1. The van der Waals surface area contributed by atoms with E-state index in [-0.39, 0.29) is 17.3 Å². The highest BCUT2D eigenvalue weighted by molar-refractivity contribution is 5.47. The van der Waals surface area contributed by atoms with Crippen LogP contribution in [0.2, 0.25) is 0 Å². The van der Waals surface area contributed by atoms with Crippen molar-refractivity contribution in [1.29, 1.82) is 0 Å². The van der Waals surface area contributed by atoms with Crippen LogP contribution in [0.1, 0.15) is 50.4 Å².